The van der Waals surface area contributed by atoms with Gasteiger partial charge in [0.05, 0.1) is 16.0 Å². The van der Waals surface area contributed by atoms with Crippen LogP contribution >= 0.6 is 23.1 Å². The van der Waals surface area contributed by atoms with E-state index in [9.17, 15) is 9.59 Å². The number of para-hydroxylation sites is 1. The van der Waals surface area contributed by atoms with Crippen LogP contribution in [0.25, 0.3) is 10.2 Å². The summed E-state index contributed by atoms with van der Waals surface area (Å²) in [5.74, 6) is 0.376. The summed E-state index contributed by atoms with van der Waals surface area (Å²) in [7, 11) is 1.78. The third-order valence-electron chi connectivity index (χ3n) is 4.06. The number of imidazole rings is 1. The van der Waals surface area contributed by atoms with E-state index >= 15 is 0 Å². The van der Waals surface area contributed by atoms with E-state index in [-0.39, 0.29) is 17.4 Å². The zero-order valence-corrected chi connectivity index (χ0v) is 16.6. The van der Waals surface area contributed by atoms with Crippen molar-refractivity contribution in [1.29, 1.82) is 0 Å². The van der Waals surface area contributed by atoms with Gasteiger partial charge in [-0.1, -0.05) is 23.9 Å². The number of nitrogens with one attached hydrogen (secondary N) is 1. The van der Waals surface area contributed by atoms with Gasteiger partial charge in [-0.25, -0.2) is 9.97 Å². The summed E-state index contributed by atoms with van der Waals surface area (Å²) in [4.78, 5) is 33.2. The van der Waals surface area contributed by atoms with Gasteiger partial charge in [0.25, 0.3) is 0 Å². The highest BCUT2D eigenvalue weighted by molar-refractivity contribution is 8.01. The average molecular weight is 409 g/mol. The van der Waals surface area contributed by atoms with Crippen molar-refractivity contribution in [3.05, 3.63) is 72.3 Å². The van der Waals surface area contributed by atoms with Crippen molar-refractivity contribution >= 4 is 50.7 Å². The predicted octanol–water partition coefficient (Wildman–Crippen LogP) is 3.99. The van der Waals surface area contributed by atoms with E-state index in [1.54, 1.807) is 59.6 Å². The third kappa shape index (κ3) is 3.97. The number of benzene rings is 2. The number of nitrogens with zero attached hydrogens (tertiary/aromatic N) is 3. The van der Waals surface area contributed by atoms with E-state index in [0.717, 1.165) is 14.6 Å². The van der Waals surface area contributed by atoms with Crippen molar-refractivity contribution in [3.8, 4) is 0 Å². The molecule has 1 amide bonds. The van der Waals surface area contributed by atoms with E-state index in [4.69, 9.17) is 0 Å². The standard InChI is InChI=1S/C20H16N4O2S2/c1-24-11-10-21-19(24)18(26)13-6-8-14(9-7-13)22-17(25)12-27-20-23-15-4-2-3-5-16(15)28-20/h2-11H,12H2,1H3,(H,22,25). The Labute approximate surface area is 169 Å². The number of hydrogen-bond acceptors (Lipinski definition) is 6. The molecule has 0 aliphatic heterocycles. The van der Waals surface area contributed by atoms with E-state index in [0.29, 0.717) is 17.1 Å². The number of amides is 1. The Morgan fingerprint density at radius 3 is 2.64 bits per heavy atom. The number of carbonyl (C=O) groups is 2. The van der Waals surface area contributed by atoms with E-state index in [1.807, 2.05) is 24.3 Å². The van der Waals surface area contributed by atoms with Gasteiger partial charge in [0.15, 0.2) is 10.2 Å². The molecule has 0 radical (unpaired) electrons. The molecule has 1 N–H and O–H groups in total. The SMILES string of the molecule is Cn1ccnc1C(=O)c1ccc(NC(=O)CSc2nc3ccccc3s2)cc1. The molecule has 0 saturated carbocycles. The highest BCUT2D eigenvalue weighted by Crippen LogP contribution is 2.29. The number of hydrogen-bond donors (Lipinski definition) is 1. The summed E-state index contributed by atoms with van der Waals surface area (Å²) >= 11 is 2.99. The van der Waals surface area contributed by atoms with Crippen molar-refractivity contribution in [2.45, 2.75) is 4.34 Å². The molecule has 0 saturated heterocycles. The van der Waals surface area contributed by atoms with Crippen LogP contribution in [0.3, 0.4) is 0 Å². The number of anilines is 1. The van der Waals surface area contributed by atoms with Crippen LogP contribution in [0.2, 0.25) is 0 Å². The van der Waals surface area contributed by atoms with Crippen LogP contribution in [0, 0.1) is 0 Å². The number of carbonyl (C=O) groups excluding carboxylic acids is 2. The molecule has 2 aromatic carbocycles. The molecule has 4 aromatic rings. The minimum absolute atomic E-state index is 0.118. The Morgan fingerprint density at radius 2 is 1.93 bits per heavy atom. The molecule has 8 heteroatoms. The average Bonchev–Trinajstić information content (AvgIpc) is 3.32. The number of aryl methyl sites for hydroxylation is 1. The van der Waals surface area contributed by atoms with Crippen LogP contribution in [-0.4, -0.2) is 32.0 Å². The molecule has 140 valence electrons. The zero-order chi connectivity index (χ0) is 19.5. The molecule has 0 aliphatic carbocycles. The second-order valence-electron chi connectivity index (χ2n) is 6.05. The van der Waals surface area contributed by atoms with Crippen LogP contribution in [0.1, 0.15) is 16.2 Å². The quantitative estimate of drug-likeness (QED) is 0.386. The van der Waals surface area contributed by atoms with Crippen molar-refractivity contribution < 1.29 is 9.59 Å². The number of thioether (sulfide) groups is 1. The Balaban J connectivity index is 1.35. The second kappa shape index (κ2) is 7.95. The molecule has 4 rings (SSSR count). The Morgan fingerprint density at radius 1 is 1.14 bits per heavy atom. The first-order valence-corrected chi connectivity index (χ1v) is 10.3. The number of aromatic nitrogens is 3. The van der Waals surface area contributed by atoms with Crippen molar-refractivity contribution in [2.24, 2.45) is 7.05 Å². The van der Waals surface area contributed by atoms with Crippen molar-refractivity contribution in [2.75, 3.05) is 11.1 Å². The van der Waals surface area contributed by atoms with Gasteiger partial charge in [0, 0.05) is 30.7 Å². The van der Waals surface area contributed by atoms with Gasteiger partial charge < -0.3 is 9.88 Å². The van der Waals surface area contributed by atoms with Gasteiger partial charge in [-0.15, -0.1) is 11.3 Å². The number of ketones is 1. The van der Waals surface area contributed by atoms with Gasteiger partial charge in [0.1, 0.15) is 0 Å². The Bertz CT molecular complexity index is 1120. The summed E-state index contributed by atoms with van der Waals surface area (Å²) < 4.78 is 3.66. The molecule has 0 fully saturated rings. The fraction of sp³-hybridized carbons (Fsp3) is 0.100. The lowest BCUT2D eigenvalue weighted by molar-refractivity contribution is -0.113. The Kier molecular flexibility index (Phi) is 5.23. The van der Waals surface area contributed by atoms with Crippen LogP contribution in [0.15, 0.2) is 65.3 Å². The minimum atomic E-state index is -0.156. The van der Waals surface area contributed by atoms with Crippen LogP contribution in [0.5, 0.6) is 0 Å². The summed E-state index contributed by atoms with van der Waals surface area (Å²) in [5.41, 5.74) is 2.12. The van der Waals surface area contributed by atoms with Crippen molar-refractivity contribution in [3.63, 3.8) is 0 Å². The molecule has 2 heterocycles. The number of thiazole rings is 1. The van der Waals surface area contributed by atoms with Gasteiger partial charge in [-0.2, -0.15) is 0 Å². The van der Waals surface area contributed by atoms with E-state index in [2.05, 4.69) is 15.3 Å². The van der Waals surface area contributed by atoms with E-state index < -0.39 is 0 Å². The monoisotopic (exact) mass is 408 g/mol. The van der Waals surface area contributed by atoms with Gasteiger partial charge in [0.2, 0.25) is 11.7 Å². The van der Waals surface area contributed by atoms with Gasteiger partial charge in [-0.3, -0.25) is 9.59 Å². The normalized spacial score (nSPS) is 10.9. The molecule has 0 atom stereocenters. The summed E-state index contributed by atoms with van der Waals surface area (Å²) in [5, 5.41) is 2.84. The van der Waals surface area contributed by atoms with E-state index in [1.165, 1.54) is 11.8 Å². The molecule has 2 aromatic heterocycles. The zero-order valence-electron chi connectivity index (χ0n) is 15.0. The maximum absolute atomic E-state index is 12.4. The van der Waals surface area contributed by atoms with Gasteiger partial charge >= 0.3 is 0 Å². The summed E-state index contributed by atoms with van der Waals surface area (Å²) in [6.45, 7) is 0. The highest BCUT2D eigenvalue weighted by atomic mass is 32.2. The van der Waals surface area contributed by atoms with Crippen LogP contribution in [-0.2, 0) is 11.8 Å². The second-order valence-corrected chi connectivity index (χ2v) is 8.31. The number of rotatable bonds is 6. The fourth-order valence-corrected chi connectivity index (χ4v) is 4.52. The largest absolute Gasteiger partial charge is 0.331 e. The van der Waals surface area contributed by atoms with Crippen molar-refractivity contribution in [1.82, 2.24) is 14.5 Å². The first kappa shape index (κ1) is 18.4. The third-order valence-corrected chi connectivity index (χ3v) is 6.24. The maximum atomic E-state index is 12.4. The molecule has 0 unspecified atom stereocenters. The smallest absolute Gasteiger partial charge is 0.234 e. The summed E-state index contributed by atoms with van der Waals surface area (Å²) in [6, 6.07) is 14.7. The molecular weight excluding hydrogens is 392 g/mol. The topological polar surface area (TPSA) is 76.9 Å². The highest BCUT2D eigenvalue weighted by Gasteiger charge is 2.14. The maximum Gasteiger partial charge on any atom is 0.234 e. The lowest BCUT2D eigenvalue weighted by Gasteiger charge is -2.06. The van der Waals surface area contributed by atoms with Gasteiger partial charge in [-0.05, 0) is 36.4 Å². The van der Waals surface area contributed by atoms with Crippen LogP contribution in [0.4, 0.5) is 5.69 Å². The lowest BCUT2D eigenvalue weighted by atomic mass is 10.1. The molecule has 0 spiro atoms. The van der Waals surface area contributed by atoms with Crippen LogP contribution < -0.4 is 5.32 Å². The molecule has 0 aliphatic rings. The lowest BCUT2D eigenvalue weighted by Crippen LogP contribution is -2.14. The molecule has 6 nitrogen and oxygen atoms in total. The first-order valence-electron chi connectivity index (χ1n) is 8.50. The minimum Gasteiger partial charge on any atom is -0.331 e. The first-order chi connectivity index (χ1) is 13.6. The summed E-state index contributed by atoms with van der Waals surface area (Å²) in [6.07, 6.45) is 3.32. The fourth-order valence-electron chi connectivity index (χ4n) is 2.66. The molecular formula is C20H16N4O2S2. The predicted molar refractivity (Wildman–Crippen MR) is 112 cm³/mol. The Hall–Kier alpha value is -2.97. The molecule has 28 heavy (non-hydrogen) atoms. The molecule has 0 bridgehead atoms. The number of fused-ring (bicyclic) bond motifs is 1.